The van der Waals surface area contributed by atoms with Crippen LogP contribution in [-0.4, -0.2) is 17.9 Å². The predicted molar refractivity (Wildman–Crippen MR) is 71.7 cm³/mol. The maximum atomic E-state index is 7.42. The lowest BCUT2D eigenvalue weighted by Gasteiger charge is -2.18. The standard InChI is InChI=1S/C12H14N4S/c1-16(8-11-15-5-6-17-11)10-4-2-3-9(7-10)12(13)14/h2-7H,8H2,1H3,(H3,13,14). The van der Waals surface area contributed by atoms with Crippen molar-refractivity contribution < 1.29 is 0 Å². The molecule has 0 spiro atoms. The molecule has 17 heavy (non-hydrogen) atoms. The number of anilines is 1. The number of amidine groups is 1. The summed E-state index contributed by atoms with van der Waals surface area (Å²) in [5.41, 5.74) is 7.25. The highest BCUT2D eigenvalue weighted by molar-refractivity contribution is 7.09. The van der Waals surface area contributed by atoms with Gasteiger partial charge in [0.05, 0.1) is 6.54 Å². The molecule has 1 heterocycles. The van der Waals surface area contributed by atoms with Gasteiger partial charge in [0.2, 0.25) is 0 Å². The number of hydrogen-bond donors (Lipinski definition) is 2. The maximum absolute atomic E-state index is 7.42. The van der Waals surface area contributed by atoms with Gasteiger partial charge in [-0.3, -0.25) is 5.41 Å². The Labute approximate surface area is 104 Å². The van der Waals surface area contributed by atoms with Crippen molar-refractivity contribution in [1.82, 2.24) is 4.98 Å². The normalized spacial score (nSPS) is 10.2. The van der Waals surface area contributed by atoms with Gasteiger partial charge in [0.25, 0.3) is 0 Å². The molecule has 2 aromatic rings. The van der Waals surface area contributed by atoms with Crippen LogP contribution in [-0.2, 0) is 6.54 Å². The zero-order chi connectivity index (χ0) is 12.3. The summed E-state index contributed by atoms with van der Waals surface area (Å²) < 4.78 is 0. The van der Waals surface area contributed by atoms with E-state index in [2.05, 4.69) is 9.88 Å². The molecule has 1 aromatic heterocycles. The van der Waals surface area contributed by atoms with Crippen LogP contribution in [0.3, 0.4) is 0 Å². The van der Waals surface area contributed by atoms with E-state index in [9.17, 15) is 0 Å². The summed E-state index contributed by atoms with van der Waals surface area (Å²) >= 11 is 1.64. The Morgan fingerprint density at radius 3 is 3.00 bits per heavy atom. The van der Waals surface area contributed by atoms with Crippen molar-refractivity contribution in [1.29, 1.82) is 5.41 Å². The Bertz CT molecular complexity index is 507. The van der Waals surface area contributed by atoms with E-state index >= 15 is 0 Å². The van der Waals surface area contributed by atoms with Crippen LogP contribution in [0.15, 0.2) is 35.8 Å². The first-order valence-electron chi connectivity index (χ1n) is 5.21. The molecule has 3 N–H and O–H groups in total. The Hall–Kier alpha value is -1.88. The monoisotopic (exact) mass is 246 g/mol. The minimum atomic E-state index is 0.0921. The number of aromatic nitrogens is 1. The molecule has 0 atom stereocenters. The van der Waals surface area contributed by atoms with Crippen LogP contribution in [0.1, 0.15) is 10.6 Å². The second kappa shape index (κ2) is 4.97. The molecule has 0 radical (unpaired) electrons. The molecule has 1 aromatic carbocycles. The van der Waals surface area contributed by atoms with Crippen molar-refractivity contribution in [2.24, 2.45) is 5.73 Å². The van der Waals surface area contributed by atoms with E-state index in [4.69, 9.17) is 11.1 Å². The lowest BCUT2D eigenvalue weighted by molar-refractivity contribution is 0.910. The lowest BCUT2D eigenvalue weighted by Crippen LogP contribution is -2.17. The minimum Gasteiger partial charge on any atom is -0.384 e. The summed E-state index contributed by atoms with van der Waals surface area (Å²) in [5, 5.41) is 10.5. The summed E-state index contributed by atoms with van der Waals surface area (Å²) in [4.78, 5) is 6.34. The van der Waals surface area contributed by atoms with Crippen LogP contribution in [0.25, 0.3) is 0 Å². The number of benzene rings is 1. The van der Waals surface area contributed by atoms with Crippen LogP contribution in [0.4, 0.5) is 5.69 Å². The van der Waals surface area contributed by atoms with Crippen LogP contribution in [0, 0.1) is 5.41 Å². The van der Waals surface area contributed by atoms with Gasteiger partial charge in [0.1, 0.15) is 10.8 Å². The van der Waals surface area contributed by atoms with E-state index in [1.807, 2.05) is 36.7 Å². The number of hydrogen-bond acceptors (Lipinski definition) is 4. The van der Waals surface area contributed by atoms with Crippen molar-refractivity contribution in [2.75, 3.05) is 11.9 Å². The Balaban J connectivity index is 2.16. The van der Waals surface area contributed by atoms with Crippen molar-refractivity contribution >= 4 is 22.9 Å². The molecule has 0 aliphatic carbocycles. The van der Waals surface area contributed by atoms with Crippen molar-refractivity contribution in [2.45, 2.75) is 6.54 Å². The predicted octanol–water partition coefficient (Wildman–Crippen LogP) is 2.06. The van der Waals surface area contributed by atoms with Crippen LogP contribution in [0.2, 0.25) is 0 Å². The van der Waals surface area contributed by atoms with Crippen molar-refractivity contribution in [3.05, 3.63) is 46.4 Å². The molecular formula is C12H14N4S. The second-order valence-corrected chi connectivity index (χ2v) is 4.73. The van der Waals surface area contributed by atoms with Gasteiger partial charge in [-0.25, -0.2) is 4.98 Å². The Morgan fingerprint density at radius 1 is 1.53 bits per heavy atom. The fraction of sp³-hybridized carbons (Fsp3) is 0.167. The van der Waals surface area contributed by atoms with Gasteiger partial charge in [-0.15, -0.1) is 11.3 Å². The van der Waals surface area contributed by atoms with E-state index in [0.29, 0.717) is 0 Å². The molecule has 2 rings (SSSR count). The maximum Gasteiger partial charge on any atom is 0.122 e. The van der Waals surface area contributed by atoms with E-state index in [-0.39, 0.29) is 5.84 Å². The molecule has 0 fully saturated rings. The fourth-order valence-electron chi connectivity index (χ4n) is 1.54. The summed E-state index contributed by atoms with van der Waals surface area (Å²) in [5.74, 6) is 0.0921. The summed E-state index contributed by atoms with van der Waals surface area (Å²) in [7, 11) is 2.00. The molecule has 0 bridgehead atoms. The third kappa shape index (κ3) is 2.82. The Kier molecular flexibility index (Phi) is 3.39. The molecule has 88 valence electrons. The molecule has 0 unspecified atom stereocenters. The van der Waals surface area contributed by atoms with Gasteiger partial charge in [0, 0.05) is 29.9 Å². The van der Waals surface area contributed by atoms with Gasteiger partial charge in [-0.1, -0.05) is 12.1 Å². The van der Waals surface area contributed by atoms with Gasteiger partial charge in [0.15, 0.2) is 0 Å². The van der Waals surface area contributed by atoms with E-state index in [0.717, 1.165) is 22.8 Å². The van der Waals surface area contributed by atoms with Gasteiger partial charge in [-0.2, -0.15) is 0 Å². The number of nitrogen functional groups attached to an aromatic ring is 1. The van der Waals surface area contributed by atoms with Gasteiger partial charge < -0.3 is 10.6 Å². The first-order valence-corrected chi connectivity index (χ1v) is 6.09. The second-order valence-electron chi connectivity index (χ2n) is 3.75. The van der Waals surface area contributed by atoms with E-state index in [1.165, 1.54) is 0 Å². The average molecular weight is 246 g/mol. The minimum absolute atomic E-state index is 0.0921. The molecule has 0 saturated carbocycles. The molecule has 5 heteroatoms. The van der Waals surface area contributed by atoms with Crippen molar-refractivity contribution in [3.8, 4) is 0 Å². The van der Waals surface area contributed by atoms with Crippen LogP contribution < -0.4 is 10.6 Å². The van der Waals surface area contributed by atoms with Gasteiger partial charge in [-0.05, 0) is 12.1 Å². The van der Waals surface area contributed by atoms with Crippen molar-refractivity contribution in [3.63, 3.8) is 0 Å². The third-order valence-electron chi connectivity index (χ3n) is 2.45. The van der Waals surface area contributed by atoms with Crippen LogP contribution in [0.5, 0.6) is 0 Å². The number of nitrogens with zero attached hydrogens (tertiary/aromatic N) is 2. The molecule has 0 aliphatic rings. The van der Waals surface area contributed by atoms with E-state index < -0.39 is 0 Å². The molecule has 4 nitrogen and oxygen atoms in total. The van der Waals surface area contributed by atoms with Gasteiger partial charge >= 0.3 is 0 Å². The fourth-order valence-corrected chi connectivity index (χ4v) is 2.20. The third-order valence-corrected chi connectivity index (χ3v) is 3.22. The summed E-state index contributed by atoms with van der Waals surface area (Å²) in [6.45, 7) is 0.763. The molecule has 0 amide bonds. The number of thiazole rings is 1. The molecule has 0 aliphatic heterocycles. The smallest absolute Gasteiger partial charge is 0.122 e. The summed E-state index contributed by atoms with van der Waals surface area (Å²) in [6, 6.07) is 7.66. The topological polar surface area (TPSA) is 66.0 Å². The lowest BCUT2D eigenvalue weighted by atomic mass is 10.2. The number of nitrogens with one attached hydrogen (secondary N) is 1. The van der Waals surface area contributed by atoms with Crippen LogP contribution >= 0.6 is 11.3 Å². The first-order chi connectivity index (χ1) is 8.16. The highest BCUT2D eigenvalue weighted by Gasteiger charge is 2.05. The summed E-state index contributed by atoms with van der Waals surface area (Å²) in [6.07, 6.45) is 1.81. The van der Waals surface area contributed by atoms with E-state index in [1.54, 1.807) is 17.5 Å². The zero-order valence-corrected chi connectivity index (χ0v) is 10.4. The molecular weight excluding hydrogens is 232 g/mol. The first kappa shape index (κ1) is 11.6. The SMILES string of the molecule is CN(Cc1nccs1)c1cccc(C(=N)N)c1. The number of nitrogens with two attached hydrogens (primary N) is 1. The largest absolute Gasteiger partial charge is 0.384 e. The zero-order valence-electron chi connectivity index (χ0n) is 9.55. The quantitative estimate of drug-likeness (QED) is 0.641. The number of rotatable bonds is 4. The average Bonchev–Trinajstić information content (AvgIpc) is 2.82. The highest BCUT2D eigenvalue weighted by Crippen LogP contribution is 2.17. The molecule has 0 saturated heterocycles. The Morgan fingerprint density at radius 2 is 2.35 bits per heavy atom. The highest BCUT2D eigenvalue weighted by atomic mass is 32.1.